The van der Waals surface area contributed by atoms with Crippen molar-refractivity contribution in [2.24, 2.45) is 5.41 Å². The first kappa shape index (κ1) is 17.7. The highest BCUT2D eigenvalue weighted by molar-refractivity contribution is 5.79. The minimum absolute atomic E-state index is 0.0582. The number of hydrogen-bond donors (Lipinski definition) is 0. The van der Waals surface area contributed by atoms with E-state index in [9.17, 15) is 27.2 Å². The van der Waals surface area contributed by atoms with Crippen LogP contribution in [0.5, 0.6) is 0 Å². The van der Waals surface area contributed by atoms with E-state index >= 15 is 0 Å². The maximum Gasteiger partial charge on any atom is 0.460 e. The van der Waals surface area contributed by atoms with Crippen LogP contribution in [0.15, 0.2) is 0 Å². The fourth-order valence-corrected chi connectivity index (χ4v) is 0.765. The van der Waals surface area contributed by atoms with Gasteiger partial charge in [0.1, 0.15) is 0 Å². The lowest BCUT2D eigenvalue weighted by molar-refractivity contribution is -0.313. The maximum atomic E-state index is 13.0. The summed E-state index contributed by atoms with van der Waals surface area (Å²) in [6, 6.07) is 0. The molecule has 0 aromatic carbocycles. The summed E-state index contributed by atoms with van der Waals surface area (Å²) in [6.07, 6.45) is -4.94. The molecule has 112 valence electrons. The summed E-state index contributed by atoms with van der Waals surface area (Å²) >= 11 is 0. The van der Waals surface area contributed by atoms with Gasteiger partial charge in [0.05, 0.1) is 5.41 Å². The van der Waals surface area contributed by atoms with Crippen molar-refractivity contribution in [3.8, 4) is 0 Å². The topological polar surface area (TPSA) is 52.6 Å². The van der Waals surface area contributed by atoms with Crippen LogP contribution >= 0.6 is 0 Å². The first-order chi connectivity index (χ1) is 8.33. The molecule has 8 heteroatoms. The average molecular weight is 288 g/mol. The van der Waals surface area contributed by atoms with Crippen LogP contribution in [0.2, 0.25) is 0 Å². The lowest BCUT2D eigenvalue weighted by atomic mass is 9.91. The van der Waals surface area contributed by atoms with Gasteiger partial charge in [0.15, 0.2) is 6.61 Å². The Kier molecular flexibility index (Phi) is 5.34. The summed E-state index contributed by atoms with van der Waals surface area (Å²) in [6.45, 7) is 3.76. The molecule has 0 aliphatic carbocycles. The van der Waals surface area contributed by atoms with Gasteiger partial charge in [-0.15, -0.1) is 0 Å². The van der Waals surface area contributed by atoms with Gasteiger partial charge in [0, 0.05) is 6.92 Å². The maximum absolute atomic E-state index is 13.0. The molecule has 1 unspecified atom stereocenters. The molecule has 0 aromatic rings. The quantitative estimate of drug-likeness (QED) is 0.576. The monoisotopic (exact) mass is 288 g/mol. The van der Waals surface area contributed by atoms with Crippen LogP contribution in [-0.4, -0.2) is 30.6 Å². The second-order valence-corrected chi connectivity index (χ2v) is 4.70. The zero-order valence-electron chi connectivity index (χ0n) is 11.1. The molecule has 0 amide bonds. The van der Waals surface area contributed by atoms with E-state index in [0.717, 1.165) is 0 Å². The molecular formula is C11H16F4O4. The van der Waals surface area contributed by atoms with Crippen LogP contribution in [0.4, 0.5) is 17.6 Å². The number of rotatable bonds is 5. The van der Waals surface area contributed by atoms with E-state index in [0.29, 0.717) is 6.42 Å². The number of halogens is 4. The van der Waals surface area contributed by atoms with Crippen LogP contribution in [0.3, 0.4) is 0 Å². The first-order valence-electron chi connectivity index (χ1n) is 5.48. The molecule has 4 nitrogen and oxygen atoms in total. The third-order valence-corrected chi connectivity index (χ3v) is 2.57. The van der Waals surface area contributed by atoms with Crippen LogP contribution < -0.4 is 0 Å². The van der Waals surface area contributed by atoms with E-state index < -0.39 is 36.0 Å². The van der Waals surface area contributed by atoms with Crippen molar-refractivity contribution >= 4 is 11.9 Å². The Morgan fingerprint density at radius 1 is 1.05 bits per heavy atom. The lowest BCUT2D eigenvalue weighted by Crippen LogP contribution is -2.43. The summed E-state index contributed by atoms with van der Waals surface area (Å²) in [4.78, 5) is 22.4. The van der Waals surface area contributed by atoms with Gasteiger partial charge in [-0.2, -0.15) is 17.6 Å². The molecule has 0 aliphatic heterocycles. The predicted octanol–water partition coefficient (Wildman–Crippen LogP) is 2.76. The van der Waals surface area contributed by atoms with E-state index in [1.807, 2.05) is 0 Å². The highest BCUT2D eigenvalue weighted by Gasteiger charge is 2.56. The van der Waals surface area contributed by atoms with Gasteiger partial charge in [0.25, 0.3) is 0 Å². The highest BCUT2D eigenvalue weighted by Crippen LogP contribution is 2.34. The molecule has 0 radical (unpaired) electrons. The third kappa shape index (κ3) is 5.04. The van der Waals surface area contributed by atoms with Crippen molar-refractivity contribution in [1.29, 1.82) is 0 Å². The normalized spacial score (nSPS) is 15.6. The number of esters is 2. The predicted molar refractivity (Wildman–Crippen MR) is 56.7 cm³/mol. The number of carbonyl (C=O) groups is 2. The standard InChI is InChI=1S/C11H16F4O4/c1-5-9(2,3)8(17)18-6-7(16)19-10(4,12)11(13,14)15/h5-6H2,1-4H3. The smallest absolute Gasteiger partial charge is 0.453 e. The molecule has 0 saturated heterocycles. The summed E-state index contributed by atoms with van der Waals surface area (Å²) in [5.41, 5.74) is -0.886. The van der Waals surface area contributed by atoms with E-state index in [1.54, 1.807) is 6.92 Å². The van der Waals surface area contributed by atoms with E-state index in [2.05, 4.69) is 9.47 Å². The summed E-state index contributed by atoms with van der Waals surface area (Å²) < 4.78 is 57.3. The van der Waals surface area contributed by atoms with Gasteiger partial charge in [-0.25, -0.2) is 4.79 Å². The Labute approximate surface area is 108 Å². The fraction of sp³-hybridized carbons (Fsp3) is 0.818. The zero-order chi connectivity index (χ0) is 15.5. The molecule has 19 heavy (non-hydrogen) atoms. The van der Waals surface area contributed by atoms with Crippen LogP contribution in [0, 0.1) is 5.41 Å². The average Bonchev–Trinajstić information content (AvgIpc) is 2.23. The summed E-state index contributed by atoms with van der Waals surface area (Å²) in [5.74, 6) is -6.50. The van der Waals surface area contributed by atoms with Gasteiger partial charge in [0.2, 0.25) is 0 Å². The Balaban J connectivity index is 4.40. The molecule has 0 fully saturated rings. The molecule has 0 aromatic heterocycles. The highest BCUT2D eigenvalue weighted by atomic mass is 19.4. The van der Waals surface area contributed by atoms with Crippen molar-refractivity contribution in [2.45, 2.75) is 46.1 Å². The van der Waals surface area contributed by atoms with E-state index in [1.165, 1.54) is 13.8 Å². The minimum Gasteiger partial charge on any atom is -0.453 e. The fourth-order valence-electron chi connectivity index (χ4n) is 0.765. The minimum atomic E-state index is -5.35. The van der Waals surface area contributed by atoms with Crippen molar-refractivity contribution in [2.75, 3.05) is 6.61 Å². The van der Waals surface area contributed by atoms with Crippen LogP contribution in [-0.2, 0) is 19.1 Å². The SMILES string of the molecule is CCC(C)(C)C(=O)OCC(=O)OC(C)(F)C(F)(F)F. The zero-order valence-corrected chi connectivity index (χ0v) is 11.1. The molecule has 0 rings (SSSR count). The van der Waals surface area contributed by atoms with Gasteiger partial charge in [-0.1, -0.05) is 6.92 Å². The number of ether oxygens (including phenoxy) is 2. The second kappa shape index (κ2) is 5.75. The van der Waals surface area contributed by atoms with E-state index in [-0.39, 0.29) is 6.92 Å². The first-order valence-corrected chi connectivity index (χ1v) is 5.48. The second-order valence-electron chi connectivity index (χ2n) is 4.70. The van der Waals surface area contributed by atoms with Gasteiger partial charge in [-0.3, -0.25) is 4.79 Å². The molecule has 0 heterocycles. The van der Waals surface area contributed by atoms with Crippen molar-refractivity contribution in [1.82, 2.24) is 0 Å². The molecule has 0 bridgehead atoms. The molecular weight excluding hydrogens is 272 g/mol. The van der Waals surface area contributed by atoms with Crippen molar-refractivity contribution in [3.63, 3.8) is 0 Å². The molecule has 0 spiro atoms. The van der Waals surface area contributed by atoms with E-state index in [4.69, 9.17) is 0 Å². The summed E-state index contributed by atoms with van der Waals surface area (Å²) in [5, 5.41) is 0. The number of hydrogen-bond acceptors (Lipinski definition) is 4. The largest absolute Gasteiger partial charge is 0.460 e. The van der Waals surface area contributed by atoms with Crippen molar-refractivity contribution < 1.29 is 36.6 Å². The molecule has 0 saturated carbocycles. The Bertz CT molecular complexity index is 347. The lowest BCUT2D eigenvalue weighted by Gasteiger charge is -2.24. The number of carbonyl (C=O) groups excluding carboxylic acids is 2. The van der Waals surface area contributed by atoms with Gasteiger partial charge >= 0.3 is 24.0 Å². The van der Waals surface area contributed by atoms with Crippen LogP contribution in [0.25, 0.3) is 0 Å². The third-order valence-electron chi connectivity index (χ3n) is 2.57. The summed E-state index contributed by atoms with van der Waals surface area (Å²) in [7, 11) is 0. The molecule has 0 aliphatic rings. The molecule has 1 atom stereocenters. The number of alkyl halides is 4. The van der Waals surface area contributed by atoms with Crippen molar-refractivity contribution in [3.05, 3.63) is 0 Å². The Morgan fingerprint density at radius 3 is 1.89 bits per heavy atom. The Morgan fingerprint density at radius 2 is 1.53 bits per heavy atom. The Hall–Kier alpha value is -1.34. The molecule has 0 N–H and O–H groups in total. The van der Waals surface area contributed by atoms with Crippen LogP contribution in [0.1, 0.15) is 34.1 Å². The van der Waals surface area contributed by atoms with Gasteiger partial charge < -0.3 is 9.47 Å². The van der Waals surface area contributed by atoms with Gasteiger partial charge in [-0.05, 0) is 20.3 Å².